The number of nitrogens with one attached hydrogen (secondary N) is 1. The van der Waals surface area contributed by atoms with Crippen LogP contribution in [0.15, 0.2) is 0 Å². The molecule has 0 radical (unpaired) electrons. The van der Waals surface area contributed by atoms with E-state index in [-0.39, 0.29) is 0 Å². The van der Waals surface area contributed by atoms with Crippen LogP contribution in [0.4, 0.5) is 0 Å². The van der Waals surface area contributed by atoms with Gasteiger partial charge in [-0.25, -0.2) is 0 Å². The van der Waals surface area contributed by atoms with E-state index >= 15 is 0 Å². The van der Waals surface area contributed by atoms with Gasteiger partial charge in [0.2, 0.25) is 0 Å². The maximum Gasteiger partial charge on any atom is 0.0194 e. The second kappa shape index (κ2) is 7.53. The highest BCUT2D eigenvalue weighted by Crippen LogP contribution is 2.23. The molecule has 1 N–H and O–H groups in total. The van der Waals surface area contributed by atoms with Crippen molar-refractivity contribution in [1.29, 1.82) is 0 Å². The SMILES string of the molecule is CCCNCCC(C)N(C)C1CCSC1. The Labute approximate surface area is 99.2 Å². The standard InChI is InChI=1S/C12H26N2S/c1-4-7-13-8-5-11(2)14(3)12-6-9-15-10-12/h11-13H,4-10H2,1-3H3. The van der Waals surface area contributed by atoms with Crippen molar-refractivity contribution in [1.82, 2.24) is 10.2 Å². The van der Waals surface area contributed by atoms with Crippen molar-refractivity contribution in [3.63, 3.8) is 0 Å². The Hall–Kier alpha value is 0.270. The van der Waals surface area contributed by atoms with Crippen LogP contribution in [0, 0.1) is 0 Å². The van der Waals surface area contributed by atoms with Gasteiger partial charge in [-0.15, -0.1) is 0 Å². The van der Waals surface area contributed by atoms with Gasteiger partial charge in [-0.1, -0.05) is 6.92 Å². The van der Waals surface area contributed by atoms with Crippen molar-refractivity contribution in [2.75, 3.05) is 31.6 Å². The molecule has 0 aromatic heterocycles. The summed E-state index contributed by atoms with van der Waals surface area (Å²) < 4.78 is 0. The lowest BCUT2D eigenvalue weighted by Crippen LogP contribution is -2.40. The van der Waals surface area contributed by atoms with Crippen LogP contribution in [0.5, 0.6) is 0 Å². The lowest BCUT2D eigenvalue weighted by atomic mass is 10.1. The van der Waals surface area contributed by atoms with Gasteiger partial charge in [0.25, 0.3) is 0 Å². The Kier molecular flexibility index (Phi) is 6.69. The van der Waals surface area contributed by atoms with E-state index in [1.807, 2.05) is 0 Å². The molecule has 1 saturated heterocycles. The number of hydrogen-bond donors (Lipinski definition) is 1. The lowest BCUT2D eigenvalue weighted by Gasteiger charge is -2.30. The Morgan fingerprint density at radius 1 is 1.47 bits per heavy atom. The molecule has 0 aliphatic carbocycles. The Morgan fingerprint density at radius 3 is 2.87 bits per heavy atom. The van der Waals surface area contributed by atoms with Gasteiger partial charge in [0, 0.05) is 17.8 Å². The highest BCUT2D eigenvalue weighted by atomic mass is 32.2. The largest absolute Gasteiger partial charge is 0.317 e. The average Bonchev–Trinajstić information content (AvgIpc) is 2.76. The molecule has 2 unspecified atom stereocenters. The zero-order valence-corrected chi connectivity index (χ0v) is 11.3. The second-order valence-corrected chi connectivity index (χ2v) is 5.72. The average molecular weight is 230 g/mol. The molecule has 1 aliphatic heterocycles. The van der Waals surface area contributed by atoms with E-state index in [9.17, 15) is 0 Å². The smallest absolute Gasteiger partial charge is 0.0194 e. The lowest BCUT2D eigenvalue weighted by molar-refractivity contribution is 0.190. The molecule has 1 heterocycles. The Balaban J connectivity index is 2.11. The third kappa shape index (κ3) is 4.75. The molecular weight excluding hydrogens is 204 g/mol. The summed E-state index contributed by atoms with van der Waals surface area (Å²) >= 11 is 2.10. The van der Waals surface area contributed by atoms with Crippen molar-refractivity contribution in [3.8, 4) is 0 Å². The van der Waals surface area contributed by atoms with Gasteiger partial charge in [-0.3, -0.25) is 4.90 Å². The molecule has 0 aromatic rings. The quantitative estimate of drug-likeness (QED) is 0.675. The van der Waals surface area contributed by atoms with Crippen molar-refractivity contribution in [2.24, 2.45) is 0 Å². The van der Waals surface area contributed by atoms with Crippen LogP contribution >= 0.6 is 11.8 Å². The predicted octanol–water partition coefficient (Wildman–Crippen LogP) is 2.20. The molecule has 0 amide bonds. The Bertz CT molecular complexity index is 158. The monoisotopic (exact) mass is 230 g/mol. The maximum absolute atomic E-state index is 3.48. The van der Waals surface area contributed by atoms with Crippen LogP contribution in [-0.4, -0.2) is 48.6 Å². The van der Waals surface area contributed by atoms with E-state index in [0.29, 0.717) is 0 Å². The molecule has 1 fully saturated rings. The van der Waals surface area contributed by atoms with E-state index in [1.54, 1.807) is 0 Å². The summed E-state index contributed by atoms with van der Waals surface area (Å²) in [6.45, 7) is 6.91. The zero-order chi connectivity index (χ0) is 11.1. The third-order valence-corrected chi connectivity index (χ3v) is 4.49. The Morgan fingerprint density at radius 2 is 2.27 bits per heavy atom. The summed E-state index contributed by atoms with van der Waals surface area (Å²) in [7, 11) is 2.29. The highest BCUT2D eigenvalue weighted by molar-refractivity contribution is 7.99. The molecule has 90 valence electrons. The molecule has 0 aromatic carbocycles. The van der Waals surface area contributed by atoms with E-state index in [2.05, 4.69) is 42.9 Å². The van der Waals surface area contributed by atoms with Crippen molar-refractivity contribution < 1.29 is 0 Å². The van der Waals surface area contributed by atoms with Crippen molar-refractivity contribution in [3.05, 3.63) is 0 Å². The van der Waals surface area contributed by atoms with Crippen LogP contribution in [-0.2, 0) is 0 Å². The van der Waals surface area contributed by atoms with Crippen LogP contribution in [0.1, 0.15) is 33.1 Å². The third-order valence-electron chi connectivity index (χ3n) is 3.34. The maximum atomic E-state index is 3.48. The molecule has 0 bridgehead atoms. The van der Waals surface area contributed by atoms with E-state index in [1.165, 1.54) is 37.3 Å². The van der Waals surface area contributed by atoms with E-state index in [4.69, 9.17) is 0 Å². The van der Waals surface area contributed by atoms with Gasteiger partial charge in [-0.2, -0.15) is 11.8 Å². The van der Waals surface area contributed by atoms with Crippen LogP contribution in [0.2, 0.25) is 0 Å². The number of hydrogen-bond acceptors (Lipinski definition) is 3. The van der Waals surface area contributed by atoms with Gasteiger partial charge >= 0.3 is 0 Å². The molecule has 1 aliphatic rings. The van der Waals surface area contributed by atoms with E-state index in [0.717, 1.165) is 18.6 Å². The summed E-state index contributed by atoms with van der Waals surface area (Å²) in [5, 5.41) is 3.48. The summed E-state index contributed by atoms with van der Waals surface area (Å²) in [5.74, 6) is 2.69. The van der Waals surface area contributed by atoms with Gasteiger partial charge < -0.3 is 5.32 Å². The number of rotatable bonds is 7. The topological polar surface area (TPSA) is 15.3 Å². The summed E-state index contributed by atoms with van der Waals surface area (Å²) in [6.07, 6.45) is 3.90. The first-order valence-corrected chi connectivity index (χ1v) is 7.41. The first kappa shape index (κ1) is 13.3. The minimum absolute atomic E-state index is 0.720. The molecule has 3 heteroatoms. The van der Waals surface area contributed by atoms with Gasteiger partial charge in [0.15, 0.2) is 0 Å². The normalized spacial score (nSPS) is 23.6. The fraction of sp³-hybridized carbons (Fsp3) is 1.00. The number of nitrogens with zero attached hydrogens (tertiary/aromatic N) is 1. The fourth-order valence-electron chi connectivity index (χ4n) is 2.02. The molecule has 2 nitrogen and oxygen atoms in total. The van der Waals surface area contributed by atoms with Gasteiger partial charge in [-0.05, 0) is 52.1 Å². The molecule has 0 spiro atoms. The predicted molar refractivity (Wildman–Crippen MR) is 70.7 cm³/mol. The van der Waals surface area contributed by atoms with Crippen molar-refractivity contribution in [2.45, 2.75) is 45.2 Å². The van der Waals surface area contributed by atoms with Crippen LogP contribution < -0.4 is 5.32 Å². The first-order chi connectivity index (χ1) is 7.25. The van der Waals surface area contributed by atoms with Gasteiger partial charge in [0.1, 0.15) is 0 Å². The molecule has 1 rings (SSSR count). The summed E-state index contributed by atoms with van der Waals surface area (Å²) in [6, 6.07) is 1.55. The second-order valence-electron chi connectivity index (χ2n) is 4.57. The summed E-state index contributed by atoms with van der Waals surface area (Å²) in [4.78, 5) is 2.58. The fourth-order valence-corrected chi connectivity index (χ4v) is 3.30. The minimum Gasteiger partial charge on any atom is -0.317 e. The van der Waals surface area contributed by atoms with Crippen LogP contribution in [0.3, 0.4) is 0 Å². The summed E-state index contributed by atoms with van der Waals surface area (Å²) in [5.41, 5.74) is 0. The minimum atomic E-state index is 0.720. The van der Waals surface area contributed by atoms with E-state index < -0.39 is 0 Å². The molecule has 15 heavy (non-hydrogen) atoms. The highest BCUT2D eigenvalue weighted by Gasteiger charge is 2.22. The van der Waals surface area contributed by atoms with Crippen LogP contribution in [0.25, 0.3) is 0 Å². The molecule has 0 saturated carbocycles. The molecule has 2 atom stereocenters. The first-order valence-electron chi connectivity index (χ1n) is 6.26. The zero-order valence-electron chi connectivity index (χ0n) is 10.5. The molecular formula is C12H26N2S. The number of thioether (sulfide) groups is 1. The van der Waals surface area contributed by atoms with Gasteiger partial charge in [0.05, 0.1) is 0 Å². The van der Waals surface area contributed by atoms with Crippen molar-refractivity contribution >= 4 is 11.8 Å².